The van der Waals surface area contributed by atoms with Gasteiger partial charge in [0, 0.05) is 6.04 Å². The van der Waals surface area contributed by atoms with E-state index in [9.17, 15) is 9.59 Å². The number of carbonyl (C=O) groups excluding carboxylic acids is 2. The summed E-state index contributed by atoms with van der Waals surface area (Å²) in [5.41, 5.74) is 9.91. The Morgan fingerprint density at radius 3 is 2.53 bits per heavy atom. The normalized spacial score (nSPS) is 13.7. The number of hydrogen-bond donors (Lipinski definition) is 2. The molecule has 19 heavy (non-hydrogen) atoms. The number of ether oxygens (including phenoxy) is 1. The van der Waals surface area contributed by atoms with Crippen LogP contribution in [0.15, 0.2) is 18.2 Å². The Hall–Kier alpha value is -2.28. The van der Waals surface area contributed by atoms with Gasteiger partial charge >= 0.3 is 12.0 Å². The molecule has 0 unspecified atom stereocenters. The molecule has 7 heteroatoms. The lowest BCUT2D eigenvalue weighted by atomic mass is 10.1. The second-order valence-electron chi connectivity index (χ2n) is 4.43. The van der Waals surface area contributed by atoms with Crippen LogP contribution in [0.25, 0.3) is 0 Å². The molecule has 2 rings (SSSR count). The van der Waals surface area contributed by atoms with Crippen LogP contribution in [0.4, 0.5) is 16.2 Å². The van der Waals surface area contributed by atoms with Gasteiger partial charge in [-0.3, -0.25) is 5.01 Å². The quantitative estimate of drug-likeness (QED) is 0.778. The largest absolute Gasteiger partial charge is 0.465 e. The van der Waals surface area contributed by atoms with E-state index in [-0.39, 0.29) is 6.04 Å². The molecule has 3 N–H and O–H groups in total. The van der Waals surface area contributed by atoms with E-state index in [2.05, 4.69) is 10.3 Å². The zero-order valence-corrected chi connectivity index (χ0v) is 11.0. The number of nitrogens with one attached hydrogen (secondary N) is 1. The van der Waals surface area contributed by atoms with Gasteiger partial charge in [-0.05, 0) is 32.0 Å². The lowest BCUT2D eigenvalue weighted by Crippen LogP contribution is -2.51. The smallest absolute Gasteiger partial charge is 0.337 e. The number of methoxy groups -OCH3 is 1. The van der Waals surface area contributed by atoms with Crippen LogP contribution in [0.1, 0.15) is 24.2 Å². The number of hydrazine groups is 2. The maximum absolute atomic E-state index is 11.5. The first-order valence-electron chi connectivity index (χ1n) is 5.83. The number of esters is 1. The summed E-state index contributed by atoms with van der Waals surface area (Å²) in [6.07, 6.45) is 0. The van der Waals surface area contributed by atoms with Crippen molar-refractivity contribution in [2.24, 2.45) is 5.73 Å². The van der Waals surface area contributed by atoms with Gasteiger partial charge < -0.3 is 10.5 Å². The summed E-state index contributed by atoms with van der Waals surface area (Å²) in [6, 6.07) is 4.37. The molecule has 0 saturated carbocycles. The lowest BCUT2D eigenvalue weighted by molar-refractivity contribution is 0.0601. The number of hydrogen-bond acceptors (Lipinski definition) is 5. The molecule has 0 atom stereocenters. The van der Waals surface area contributed by atoms with Crippen LogP contribution in [0, 0.1) is 0 Å². The molecule has 2 amide bonds. The fraction of sp³-hybridized carbons (Fsp3) is 0.333. The van der Waals surface area contributed by atoms with Gasteiger partial charge in [0.2, 0.25) is 0 Å². The monoisotopic (exact) mass is 264 g/mol. The Balaban J connectivity index is 2.48. The first-order chi connectivity index (χ1) is 8.95. The van der Waals surface area contributed by atoms with Gasteiger partial charge in [-0.25, -0.2) is 14.6 Å². The number of urea groups is 1. The number of rotatable bonds is 2. The number of benzene rings is 1. The van der Waals surface area contributed by atoms with Crippen molar-refractivity contribution in [3.8, 4) is 0 Å². The van der Waals surface area contributed by atoms with Crippen LogP contribution in [0.5, 0.6) is 0 Å². The first kappa shape index (κ1) is 13.2. The summed E-state index contributed by atoms with van der Waals surface area (Å²) >= 11 is 0. The fourth-order valence-electron chi connectivity index (χ4n) is 1.93. The summed E-state index contributed by atoms with van der Waals surface area (Å²) in [5.74, 6) is -0.427. The highest BCUT2D eigenvalue weighted by molar-refractivity contribution is 5.99. The van der Waals surface area contributed by atoms with Gasteiger partial charge in [0.1, 0.15) is 0 Å². The average molecular weight is 264 g/mol. The lowest BCUT2D eigenvalue weighted by Gasteiger charge is -2.24. The molecule has 1 heterocycles. The van der Waals surface area contributed by atoms with Crippen molar-refractivity contribution in [2.75, 3.05) is 17.1 Å². The minimum atomic E-state index is -0.616. The molecule has 0 spiro atoms. The number of nitrogens with two attached hydrogens (primary N) is 1. The Morgan fingerprint density at radius 1 is 1.32 bits per heavy atom. The molecule has 0 radical (unpaired) electrons. The molecule has 1 aromatic rings. The summed E-state index contributed by atoms with van der Waals surface area (Å²) in [7, 11) is 1.32. The minimum absolute atomic E-state index is 0.0796. The number of carbonyl (C=O) groups is 2. The molecule has 102 valence electrons. The van der Waals surface area contributed by atoms with Crippen LogP contribution in [0.3, 0.4) is 0 Å². The van der Waals surface area contributed by atoms with Crippen LogP contribution in [-0.4, -0.2) is 25.2 Å². The van der Waals surface area contributed by atoms with E-state index in [1.165, 1.54) is 12.1 Å². The van der Waals surface area contributed by atoms with Gasteiger partial charge in [0.25, 0.3) is 0 Å². The number of fused-ring (bicyclic) bond motifs is 1. The third-order valence-electron chi connectivity index (χ3n) is 2.84. The number of amides is 2. The molecule has 1 aliphatic heterocycles. The van der Waals surface area contributed by atoms with Gasteiger partial charge in [0.05, 0.1) is 24.0 Å². The van der Waals surface area contributed by atoms with Crippen LogP contribution < -0.4 is 21.3 Å². The zero-order chi connectivity index (χ0) is 14.2. The van der Waals surface area contributed by atoms with Gasteiger partial charge in [-0.2, -0.15) is 0 Å². The van der Waals surface area contributed by atoms with Crippen molar-refractivity contribution < 1.29 is 14.3 Å². The molecule has 1 aliphatic rings. The van der Waals surface area contributed by atoms with E-state index >= 15 is 0 Å². The molecule has 1 aromatic carbocycles. The van der Waals surface area contributed by atoms with Crippen LogP contribution in [0.2, 0.25) is 0 Å². The number of nitrogens with zero attached hydrogens (tertiary/aromatic N) is 2. The number of anilines is 2. The SMILES string of the molecule is COC(=O)c1ccc2c(c1)N(C(C)C)NN2C(N)=O. The van der Waals surface area contributed by atoms with Crippen molar-refractivity contribution in [1.82, 2.24) is 5.53 Å². The van der Waals surface area contributed by atoms with Crippen molar-refractivity contribution in [2.45, 2.75) is 19.9 Å². The van der Waals surface area contributed by atoms with Crippen molar-refractivity contribution in [3.05, 3.63) is 23.8 Å². The van der Waals surface area contributed by atoms with Gasteiger partial charge in [-0.15, -0.1) is 5.53 Å². The molecular weight excluding hydrogens is 248 g/mol. The Labute approximate surface area is 110 Å². The third-order valence-corrected chi connectivity index (χ3v) is 2.84. The number of primary amides is 1. The van der Waals surface area contributed by atoms with Crippen LogP contribution in [-0.2, 0) is 4.74 Å². The van der Waals surface area contributed by atoms with E-state index in [1.54, 1.807) is 23.2 Å². The summed E-state index contributed by atoms with van der Waals surface area (Å²) in [5, 5.41) is 2.99. The van der Waals surface area contributed by atoms with Crippen LogP contribution >= 0.6 is 0 Å². The fourth-order valence-corrected chi connectivity index (χ4v) is 1.93. The first-order valence-corrected chi connectivity index (χ1v) is 5.83. The topological polar surface area (TPSA) is 87.9 Å². The third kappa shape index (κ3) is 2.19. The maximum Gasteiger partial charge on any atom is 0.337 e. The molecule has 0 aromatic heterocycles. The Bertz CT molecular complexity index is 530. The van der Waals surface area contributed by atoms with E-state index in [4.69, 9.17) is 5.73 Å². The standard InChI is InChI=1S/C12H16N4O3/c1-7(2)15-10-6-8(11(17)19-3)4-5-9(10)16(14-15)12(13)18/h4-7,14H,1-3H3,(H2,13,18). The predicted molar refractivity (Wildman–Crippen MR) is 70.6 cm³/mol. The second-order valence-corrected chi connectivity index (χ2v) is 4.43. The maximum atomic E-state index is 11.5. The minimum Gasteiger partial charge on any atom is -0.465 e. The molecule has 0 aliphatic carbocycles. The van der Waals surface area contributed by atoms with Crippen molar-refractivity contribution >= 4 is 23.4 Å². The molecule has 0 bridgehead atoms. The summed E-state index contributed by atoms with van der Waals surface area (Å²) in [4.78, 5) is 22.9. The highest BCUT2D eigenvalue weighted by atomic mass is 16.5. The van der Waals surface area contributed by atoms with E-state index in [0.29, 0.717) is 16.9 Å². The predicted octanol–water partition coefficient (Wildman–Crippen LogP) is 1.01. The highest BCUT2D eigenvalue weighted by Crippen LogP contribution is 2.35. The highest BCUT2D eigenvalue weighted by Gasteiger charge is 2.31. The average Bonchev–Trinajstić information content (AvgIpc) is 2.76. The van der Waals surface area contributed by atoms with E-state index < -0.39 is 12.0 Å². The molecular formula is C12H16N4O3. The van der Waals surface area contributed by atoms with E-state index in [0.717, 1.165) is 0 Å². The Kier molecular flexibility index (Phi) is 3.30. The molecule has 0 fully saturated rings. The zero-order valence-electron chi connectivity index (χ0n) is 11.0. The van der Waals surface area contributed by atoms with Gasteiger partial charge in [-0.1, -0.05) is 0 Å². The summed E-state index contributed by atoms with van der Waals surface area (Å²) < 4.78 is 4.68. The van der Waals surface area contributed by atoms with Crippen molar-refractivity contribution in [3.63, 3.8) is 0 Å². The molecule has 7 nitrogen and oxygen atoms in total. The van der Waals surface area contributed by atoms with E-state index in [1.807, 2.05) is 13.8 Å². The summed E-state index contributed by atoms with van der Waals surface area (Å²) in [6.45, 7) is 3.90. The van der Waals surface area contributed by atoms with Gasteiger partial charge in [0.15, 0.2) is 0 Å². The second kappa shape index (κ2) is 4.77. The molecule has 0 saturated heterocycles. The Morgan fingerprint density at radius 2 is 2.00 bits per heavy atom. The van der Waals surface area contributed by atoms with Crippen molar-refractivity contribution in [1.29, 1.82) is 0 Å².